The van der Waals surface area contributed by atoms with E-state index in [1.165, 1.54) is 38.2 Å². The number of hydrogen-bond donors (Lipinski definition) is 0. The molecular formula is C20H26N4O3S. The maximum atomic E-state index is 12.6. The summed E-state index contributed by atoms with van der Waals surface area (Å²) in [7, 11) is 0. The van der Waals surface area contributed by atoms with Gasteiger partial charge >= 0.3 is 0 Å². The molecule has 1 aromatic carbocycles. The molecule has 150 valence electrons. The first-order chi connectivity index (χ1) is 13.9. The van der Waals surface area contributed by atoms with Gasteiger partial charge in [-0.3, -0.25) is 19.8 Å². The number of anilines is 1. The minimum absolute atomic E-state index is 0.0307. The highest BCUT2D eigenvalue weighted by Crippen LogP contribution is 2.33. The number of benzene rings is 1. The van der Waals surface area contributed by atoms with E-state index < -0.39 is 10.5 Å². The first-order valence-electron chi connectivity index (χ1n) is 10.5. The summed E-state index contributed by atoms with van der Waals surface area (Å²) in [5.41, 5.74) is -0.246. The van der Waals surface area contributed by atoms with E-state index in [-0.39, 0.29) is 21.8 Å². The smallest absolute Gasteiger partial charge is 0.287 e. The molecule has 7 nitrogen and oxygen atoms in total. The van der Waals surface area contributed by atoms with Gasteiger partial charge < -0.3 is 4.90 Å². The molecule has 0 spiro atoms. The van der Waals surface area contributed by atoms with Crippen LogP contribution in [0.5, 0.6) is 0 Å². The zero-order valence-electron chi connectivity index (χ0n) is 17.1. The first-order valence-corrected chi connectivity index (χ1v) is 10.8. The van der Waals surface area contributed by atoms with Crippen molar-refractivity contribution in [2.24, 2.45) is 5.92 Å². The number of fused-ring (bicyclic) bond motifs is 1. The number of non-ortho nitro benzene ring substituents is 1. The molecule has 28 heavy (non-hydrogen) atoms. The normalized spacial score (nSPS) is 19.8. The Bertz CT molecular complexity index is 982. The maximum absolute atomic E-state index is 12.6. The molecule has 0 amide bonds. The molecule has 1 saturated carbocycles. The Labute approximate surface area is 169 Å². The molecule has 2 aliphatic rings. The van der Waals surface area contributed by atoms with E-state index in [1.54, 1.807) is 6.92 Å². The molecule has 0 N–H and O–H groups in total. The zero-order valence-corrected chi connectivity index (χ0v) is 17.0. The SMILES string of the molecule is [2H]c1c(C)cc([N+](=O)[O-])c2sc(N3CCN(CC4CCCCC4)CC3)nc(=O)c12. The lowest BCUT2D eigenvalue weighted by Crippen LogP contribution is -2.48. The molecular weight excluding hydrogens is 376 g/mol. The van der Waals surface area contributed by atoms with E-state index in [4.69, 9.17) is 1.37 Å². The number of rotatable bonds is 4. The van der Waals surface area contributed by atoms with Crippen molar-refractivity contribution in [2.75, 3.05) is 37.6 Å². The van der Waals surface area contributed by atoms with Crippen molar-refractivity contribution >= 4 is 32.2 Å². The van der Waals surface area contributed by atoms with Gasteiger partial charge in [-0.05, 0) is 37.3 Å². The number of piperazine rings is 1. The van der Waals surface area contributed by atoms with Crippen molar-refractivity contribution in [3.05, 3.63) is 38.1 Å². The highest BCUT2D eigenvalue weighted by molar-refractivity contribution is 7.22. The molecule has 2 fully saturated rings. The molecule has 8 heteroatoms. The van der Waals surface area contributed by atoms with Crippen molar-refractivity contribution in [3.63, 3.8) is 0 Å². The van der Waals surface area contributed by atoms with Crippen molar-refractivity contribution in [1.29, 1.82) is 0 Å². The van der Waals surface area contributed by atoms with Gasteiger partial charge in [0.15, 0.2) is 5.13 Å². The molecule has 1 aromatic heterocycles. The number of hydrogen-bond acceptors (Lipinski definition) is 7. The highest BCUT2D eigenvalue weighted by atomic mass is 32.1. The predicted octanol–water partition coefficient (Wildman–Crippen LogP) is 3.58. The minimum atomic E-state index is -0.546. The van der Waals surface area contributed by atoms with E-state index in [0.717, 1.165) is 50.0 Å². The van der Waals surface area contributed by atoms with Gasteiger partial charge in [0.05, 0.1) is 11.7 Å². The molecule has 1 saturated heterocycles. The standard InChI is InChI=1S/C20H26N4O3S/c1-14-11-16-18(17(12-14)24(26)27)28-20(21-19(16)25)23-9-7-22(8-10-23)13-15-5-3-2-4-6-15/h11-12,15H,2-10,13H2,1H3/i11D. The average Bonchev–Trinajstić information content (AvgIpc) is 2.71. The molecule has 0 atom stereocenters. The number of nitro groups is 1. The van der Waals surface area contributed by atoms with Crippen molar-refractivity contribution < 1.29 is 6.29 Å². The second-order valence-electron chi connectivity index (χ2n) is 7.89. The monoisotopic (exact) mass is 403 g/mol. The van der Waals surface area contributed by atoms with Gasteiger partial charge in [0.2, 0.25) is 0 Å². The van der Waals surface area contributed by atoms with Crippen LogP contribution in [0.4, 0.5) is 10.8 Å². The van der Waals surface area contributed by atoms with Crippen LogP contribution in [0, 0.1) is 23.0 Å². The van der Waals surface area contributed by atoms with Crippen LogP contribution in [0.3, 0.4) is 0 Å². The summed E-state index contributed by atoms with van der Waals surface area (Å²) in [6, 6.07) is 1.41. The van der Waals surface area contributed by atoms with E-state index in [0.29, 0.717) is 10.7 Å². The van der Waals surface area contributed by atoms with Gasteiger partial charge in [0.25, 0.3) is 11.2 Å². The maximum Gasteiger partial charge on any atom is 0.287 e. The number of nitrogens with zero attached hydrogens (tertiary/aromatic N) is 4. The number of aromatic nitrogens is 1. The highest BCUT2D eigenvalue weighted by Gasteiger charge is 2.24. The molecule has 2 heterocycles. The van der Waals surface area contributed by atoms with Crippen molar-refractivity contribution in [2.45, 2.75) is 39.0 Å². The quantitative estimate of drug-likeness (QED) is 0.573. The lowest BCUT2D eigenvalue weighted by molar-refractivity contribution is -0.382. The Morgan fingerprint density at radius 3 is 2.68 bits per heavy atom. The van der Waals surface area contributed by atoms with Crippen LogP contribution in [0.2, 0.25) is 0 Å². The minimum Gasteiger partial charge on any atom is -0.345 e. The second-order valence-corrected chi connectivity index (χ2v) is 8.87. The van der Waals surface area contributed by atoms with E-state index in [1.807, 2.05) is 0 Å². The van der Waals surface area contributed by atoms with Crippen LogP contribution in [0.15, 0.2) is 16.9 Å². The Hall–Kier alpha value is -2.06. The average molecular weight is 404 g/mol. The fraction of sp³-hybridized carbons (Fsp3) is 0.600. The molecule has 4 rings (SSSR count). The van der Waals surface area contributed by atoms with Crippen LogP contribution in [-0.4, -0.2) is 47.5 Å². The summed E-state index contributed by atoms with van der Waals surface area (Å²) in [5.74, 6) is 0.798. The van der Waals surface area contributed by atoms with Gasteiger partial charge in [0.1, 0.15) is 4.70 Å². The third-order valence-electron chi connectivity index (χ3n) is 5.82. The van der Waals surface area contributed by atoms with Gasteiger partial charge in [-0.15, -0.1) is 0 Å². The molecule has 1 aliphatic heterocycles. The van der Waals surface area contributed by atoms with Crippen LogP contribution in [-0.2, 0) is 0 Å². The zero-order chi connectivity index (χ0) is 20.5. The molecule has 0 unspecified atom stereocenters. The van der Waals surface area contributed by atoms with E-state index in [2.05, 4.69) is 14.8 Å². The van der Waals surface area contributed by atoms with Crippen LogP contribution in [0.1, 0.15) is 39.0 Å². The summed E-state index contributed by atoms with van der Waals surface area (Å²) >= 11 is 1.16. The second kappa shape index (κ2) is 8.13. The van der Waals surface area contributed by atoms with Crippen LogP contribution >= 0.6 is 11.3 Å². The largest absolute Gasteiger partial charge is 0.345 e. The molecule has 0 bridgehead atoms. The number of aryl methyl sites for hydroxylation is 1. The van der Waals surface area contributed by atoms with Gasteiger partial charge in [0, 0.05) is 38.8 Å². The Morgan fingerprint density at radius 2 is 2.00 bits per heavy atom. The van der Waals surface area contributed by atoms with Crippen LogP contribution < -0.4 is 10.5 Å². The fourth-order valence-corrected chi connectivity index (χ4v) is 5.43. The molecule has 1 aliphatic carbocycles. The van der Waals surface area contributed by atoms with Crippen molar-refractivity contribution in [1.82, 2.24) is 9.88 Å². The fourth-order valence-electron chi connectivity index (χ4n) is 4.33. The third-order valence-corrected chi connectivity index (χ3v) is 6.97. The summed E-state index contributed by atoms with van der Waals surface area (Å²) in [5, 5.41) is 12.1. The molecule has 2 aromatic rings. The summed E-state index contributed by atoms with van der Waals surface area (Å²) < 4.78 is 8.41. The Balaban J connectivity index is 1.56. The van der Waals surface area contributed by atoms with Crippen molar-refractivity contribution in [3.8, 4) is 0 Å². The Kier molecular flexibility index (Phi) is 5.22. The van der Waals surface area contributed by atoms with Gasteiger partial charge in [-0.1, -0.05) is 30.6 Å². The van der Waals surface area contributed by atoms with Gasteiger partial charge in [-0.2, -0.15) is 4.98 Å². The summed E-state index contributed by atoms with van der Waals surface area (Å²) in [4.78, 5) is 32.4. The van der Waals surface area contributed by atoms with Gasteiger partial charge in [-0.25, -0.2) is 0 Å². The Morgan fingerprint density at radius 1 is 1.29 bits per heavy atom. The third kappa shape index (κ3) is 4.03. The topological polar surface area (TPSA) is 79.6 Å². The lowest BCUT2D eigenvalue weighted by Gasteiger charge is -2.37. The molecule has 0 radical (unpaired) electrons. The lowest BCUT2D eigenvalue weighted by atomic mass is 9.89. The number of nitro benzene ring substituents is 1. The predicted molar refractivity (Wildman–Crippen MR) is 113 cm³/mol. The van der Waals surface area contributed by atoms with E-state index in [9.17, 15) is 14.9 Å². The van der Waals surface area contributed by atoms with Crippen LogP contribution in [0.25, 0.3) is 10.1 Å². The van der Waals surface area contributed by atoms with E-state index >= 15 is 0 Å². The first kappa shape index (κ1) is 18.0. The summed E-state index contributed by atoms with van der Waals surface area (Å²) in [6.07, 6.45) is 6.70. The summed E-state index contributed by atoms with van der Waals surface area (Å²) in [6.45, 7) is 6.09.